The van der Waals surface area contributed by atoms with Crippen LogP contribution in [0.15, 0.2) is 48.5 Å². The van der Waals surface area contributed by atoms with Gasteiger partial charge in [0.2, 0.25) is 5.91 Å². The average Bonchev–Trinajstić information content (AvgIpc) is 2.95. The molecule has 0 radical (unpaired) electrons. The van der Waals surface area contributed by atoms with Crippen LogP contribution in [0.25, 0.3) is 0 Å². The highest BCUT2D eigenvalue weighted by Crippen LogP contribution is 2.23. The standard InChI is InChI=1S/C19H19ClN2O3/c1-13-4-2-3-5-17(13)25-12-18(23)21-15-10-19(24)22(11-15)16-8-6-14(20)7-9-16/h2-9,15H,10-12H2,1H3,(H,21,23)/t15-/m0/s1. The summed E-state index contributed by atoms with van der Waals surface area (Å²) in [6.45, 7) is 2.29. The number of anilines is 1. The third kappa shape index (κ3) is 4.31. The second-order valence-electron chi connectivity index (χ2n) is 6.00. The SMILES string of the molecule is Cc1ccccc1OCC(=O)N[C@H]1CC(=O)N(c2ccc(Cl)cc2)C1. The third-order valence-corrected chi connectivity index (χ3v) is 4.33. The van der Waals surface area contributed by atoms with Gasteiger partial charge in [-0.05, 0) is 42.8 Å². The minimum atomic E-state index is -0.237. The van der Waals surface area contributed by atoms with E-state index in [-0.39, 0.29) is 30.9 Å². The zero-order valence-electron chi connectivity index (χ0n) is 13.9. The maximum atomic E-state index is 12.2. The van der Waals surface area contributed by atoms with Crippen molar-refractivity contribution in [3.63, 3.8) is 0 Å². The lowest BCUT2D eigenvalue weighted by atomic mass is 10.2. The van der Waals surface area contributed by atoms with Crippen molar-refractivity contribution in [2.75, 3.05) is 18.1 Å². The minimum absolute atomic E-state index is 0.0209. The van der Waals surface area contributed by atoms with Gasteiger partial charge in [0.25, 0.3) is 5.91 Å². The van der Waals surface area contributed by atoms with E-state index in [0.29, 0.717) is 17.3 Å². The van der Waals surface area contributed by atoms with Crippen LogP contribution < -0.4 is 15.0 Å². The Balaban J connectivity index is 1.53. The second-order valence-corrected chi connectivity index (χ2v) is 6.44. The van der Waals surface area contributed by atoms with Gasteiger partial charge in [-0.2, -0.15) is 0 Å². The van der Waals surface area contributed by atoms with Gasteiger partial charge in [-0.1, -0.05) is 29.8 Å². The maximum Gasteiger partial charge on any atom is 0.258 e. The molecule has 0 aliphatic carbocycles. The topological polar surface area (TPSA) is 58.6 Å². The van der Waals surface area contributed by atoms with E-state index in [1.165, 1.54) is 0 Å². The number of hydrogen-bond acceptors (Lipinski definition) is 3. The molecule has 1 atom stereocenters. The quantitative estimate of drug-likeness (QED) is 0.894. The molecule has 0 bridgehead atoms. The number of ether oxygens (including phenoxy) is 1. The number of benzene rings is 2. The summed E-state index contributed by atoms with van der Waals surface area (Å²) in [5.74, 6) is 0.425. The maximum absolute atomic E-state index is 12.2. The van der Waals surface area contributed by atoms with E-state index in [2.05, 4.69) is 5.32 Å². The number of rotatable bonds is 5. The molecule has 1 aliphatic heterocycles. The molecule has 6 heteroatoms. The molecule has 0 spiro atoms. The van der Waals surface area contributed by atoms with Gasteiger partial charge in [0.1, 0.15) is 5.75 Å². The molecular formula is C19H19ClN2O3. The van der Waals surface area contributed by atoms with Crippen molar-refractivity contribution in [1.29, 1.82) is 0 Å². The first-order chi connectivity index (χ1) is 12.0. The Morgan fingerprint density at radius 3 is 2.68 bits per heavy atom. The molecular weight excluding hydrogens is 340 g/mol. The number of nitrogens with one attached hydrogen (secondary N) is 1. The molecule has 1 saturated heterocycles. The van der Waals surface area contributed by atoms with E-state index in [9.17, 15) is 9.59 Å². The highest BCUT2D eigenvalue weighted by atomic mass is 35.5. The lowest BCUT2D eigenvalue weighted by Crippen LogP contribution is -2.39. The number of aryl methyl sites for hydroxylation is 1. The van der Waals surface area contributed by atoms with Crippen molar-refractivity contribution >= 4 is 29.1 Å². The van der Waals surface area contributed by atoms with Gasteiger partial charge in [-0.3, -0.25) is 9.59 Å². The molecule has 2 aromatic carbocycles. The molecule has 2 aromatic rings. The Morgan fingerprint density at radius 1 is 1.24 bits per heavy atom. The fraction of sp³-hybridized carbons (Fsp3) is 0.263. The van der Waals surface area contributed by atoms with Crippen molar-refractivity contribution in [3.05, 3.63) is 59.1 Å². The van der Waals surface area contributed by atoms with Crippen LogP contribution in [0.4, 0.5) is 5.69 Å². The lowest BCUT2D eigenvalue weighted by Gasteiger charge is -2.17. The molecule has 1 heterocycles. The molecule has 130 valence electrons. The Hall–Kier alpha value is -2.53. The van der Waals surface area contributed by atoms with Crippen LogP contribution in [0, 0.1) is 6.92 Å². The highest BCUT2D eigenvalue weighted by Gasteiger charge is 2.31. The van der Waals surface area contributed by atoms with E-state index >= 15 is 0 Å². The summed E-state index contributed by atoms with van der Waals surface area (Å²) in [5, 5.41) is 3.48. The van der Waals surface area contributed by atoms with Gasteiger partial charge in [-0.15, -0.1) is 0 Å². The summed E-state index contributed by atoms with van der Waals surface area (Å²) < 4.78 is 5.54. The Kier molecular flexibility index (Phi) is 5.24. The van der Waals surface area contributed by atoms with E-state index < -0.39 is 0 Å². The molecule has 0 aromatic heterocycles. The molecule has 2 amide bonds. The summed E-state index contributed by atoms with van der Waals surface area (Å²) >= 11 is 5.87. The third-order valence-electron chi connectivity index (χ3n) is 4.08. The van der Waals surface area contributed by atoms with Gasteiger partial charge in [0, 0.05) is 23.7 Å². The number of carbonyl (C=O) groups is 2. The average molecular weight is 359 g/mol. The summed E-state index contributed by atoms with van der Waals surface area (Å²) in [6.07, 6.45) is 0.277. The summed E-state index contributed by atoms with van der Waals surface area (Å²) in [5.41, 5.74) is 1.75. The molecule has 0 saturated carbocycles. The summed E-state index contributed by atoms with van der Waals surface area (Å²) in [4.78, 5) is 25.9. The summed E-state index contributed by atoms with van der Waals surface area (Å²) in [7, 11) is 0. The summed E-state index contributed by atoms with van der Waals surface area (Å²) in [6, 6.07) is 14.4. The van der Waals surface area contributed by atoms with E-state index in [1.807, 2.05) is 31.2 Å². The molecule has 1 fully saturated rings. The predicted molar refractivity (Wildman–Crippen MR) is 97.0 cm³/mol. The van der Waals surface area contributed by atoms with Gasteiger partial charge in [-0.25, -0.2) is 0 Å². The van der Waals surface area contributed by atoms with Crippen molar-refractivity contribution in [1.82, 2.24) is 5.32 Å². The number of nitrogens with zero attached hydrogens (tertiary/aromatic N) is 1. The lowest BCUT2D eigenvalue weighted by molar-refractivity contribution is -0.123. The van der Waals surface area contributed by atoms with Crippen LogP contribution in [0.3, 0.4) is 0 Å². The highest BCUT2D eigenvalue weighted by molar-refractivity contribution is 6.30. The van der Waals surface area contributed by atoms with Crippen LogP contribution in [0.2, 0.25) is 5.02 Å². The first-order valence-electron chi connectivity index (χ1n) is 8.06. The second kappa shape index (κ2) is 7.57. The molecule has 1 aliphatic rings. The molecule has 1 N–H and O–H groups in total. The zero-order chi connectivity index (χ0) is 17.8. The van der Waals surface area contributed by atoms with Crippen LogP contribution in [-0.4, -0.2) is 31.0 Å². The Labute approximate surface area is 151 Å². The van der Waals surface area contributed by atoms with Crippen LogP contribution >= 0.6 is 11.6 Å². The van der Waals surface area contributed by atoms with Crippen LogP contribution in [-0.2, 0) is 9.59 Å². The van der Waals surface area contributed by atoms with Crippen molar-refractivity contribution in [2.24, 2.45) is 0 Å². The van der Waals surface area contributed by atoms with Gasteiger partial charge < -0.3 is 15.0 Å². The molecule has 0 unspecified atom stereocenters. The van der Waals surface area contributed by atoms with Crippen molar-refractivity contribution in [2.45, 2.75) is 19.4 Å². The molecule has 25 heavy (non-hydrogen) atoms. The van der Waals surface area contributed by atoms with Gasteiger partial charge in [0.15, 0.2) is 6.61 Å². The fourth-order valence-corrected chi connectivity index (χ4v) is 2.93. The normalized spacial score (nSPS) is 16.8. The van der Waals surface area contributed by atoms with Crippen LogP contribution in [0.5, 0.6) is 5.75 Å². The predicted octanol–water partition coefficient (Wildman–Crippen LogP) is 2.95. The largest absolute Gasteiger partial charge is 0.484 e. The first kappa shape index (κ1) is 17.3. The van der Waals surface area contributed by atoms with Crippen molar-refractivity contribution in [3.8, 4) is 5.75 Å². The number of halogens is 1. The number of carbonyl (C=O) groups excluding carboxylic acids is 2. The van der Waals surface area contributed by atoms with E-state index in [0.717, 1.165) is 11.3 Å². The fourth-order valence-electron chi connectivity index (χ4n) is 2.81. The van der Waals surface area contributed by atoms with Crippen LogP contribution in [0.1, 0.15) is 12.0 Å². The molecule has 5 nitrogen and oxygen atoms in total. The number of para-hydroxylation sites is 1. The minimum Gasteiger partial charge on any atom is -0.484 e. The number of hydrogen-bond donors (Lipinski definition) is 1. The van der Waals surface area contributed by atoms with Gasteiger partial charge >= 0.3 is 0 Å². The Morgan fingerprint density at radius 2 is 1.96 bits per heavy atom. The number of amides is 2. The molecule has 3 rings (SSSR count). The Bertz CT molecular complexity index is 776. The smallest absolute Gasteiger partial charge is 0.258 e. The van der Waals surface area contributed by atoms with Gasteiger partial charge in [0.05, 0.1) is 6.04 Å². The zero-order valence-corrected chi connectivity index (χ0v) is 14.6. The van der Waals surface area contributed by atoms with E-state index in [1.54, 1.807) is 29.2 Å². The first-order valence-corrected chi connectivity index (χ1v) is 8.44. The monoisotopic (exact) mass is 358 g/mol. The van der Waals surface area contributed by atoms with E-state index in [4.69, 9.17) is 16.3 Å². The van der Waals surface area contributed by atoms with Crippen molar-refractivity contribution < 1.29 is 14.3 Å².